The predicted molar refractivity (Wildman–Crippen MR) is 132 cm³/mol. The third-order valence-corrected chi connectivity index (χ3v) is 6.36. The smallest absolute Gasteiger partial charge is 0.225 e. The van der Waals surface area contributed by atoms with Gasteiger partial charge in [0.25, 0.3) is 0 Å². The maximum atomic E-state index is 6.54. The van der Waals surface area contributed by atoms with Crippen molar-refractivity contribution in [2.45, 2.75) is 13.0 Å². The molecule has 5 rings (SSSR count). The Morgan fingerprint density at radius 3 is 2.53 bits per heavy atom. The van der Waals surface area contributed by atoms with Gasteiger partial charge in [0.2, 0.25) is 5.95 Å². The highest BCUT2D eigenvalue weighted by Crippen LogP contribution is 2.32. The molecule has 0 bridgehead atoms. The Balaban J connectivity index is 1.54. The Kier molecular flexibility index (Phi) is 5.75. The Morgan fingerprint density at radius 2 is 1.78 bits per heavy atom. The molecule has 3 heterocycles. The first-order valence-electron chi connectivity index (χ1n) is 10.3. The minimum atomic E-state index is 0.531. The molecule has 0 saturated heterocycles. The average molecular weight is 461 g/mol. The van der Waals surface area contributed by atoms with E-state index in [1.165, 1.54) is 4.88 Å². The normalized spacial score (nSPS) is 11.2. The summed E-state index contributed by atoms with van der Waals surface area (Å²) >= 11 is 7.85. The molecule has 160 valence electrons. The zero-order valence-electron chi connectivity index (χ0n) is 17.2. The van der Waals surface area contributed by atoms with Crippen molar-refractivity contribution in [2.24, 2.45) is 0 Å². The van der Waals surface area contributed by atoms with Crippen LogP contribution in [0.15, 0.2) is 72.1 Å². The first kappa shape index (κ1) is 20.5. The molecule has 0 amide bonds. The summed E-state index contributed by atoms with van der Waals surface area (Å²) in [6.45, 7) is 1.29. The van der Waals surface area contributed by atoms with Crippen molar-refractivity contribution in [2.75, 3.05) is 17.6 Å². The van der Waals surface area contributed by atoms with E-state index in [0.717, 1.165) is 35.2 Å². The minimum Gasteiger partial charge on any atom is -0.383 e. The number of hydrogen-bond donors (Lipinski definition) is 2. The Bertz CT molecular complexity index is 1330. The van der Waals surface area contributed by atoms with Crippen molar-refractivity contribution in [1.82, 2.24) is 19.7 Å². The molecule has 0 spiro atoms. The molecule has 8 heteroatoms. The number of thiophene rings is 1. The van der Waals surface area contributed by atoms with E-state index in [9.17, 15) is 0 Å². The van der Waals surface area contributed by atoms with Gasteiger partial charge >= 0.3 is 0 Å². The summed E-state index contributed by atoms with van der Waals surface area (Å²) in [6.07, 6.45) is 0.903. The summed E-state index contributed by atoms with van der Waals surface area (Å²) in [5, 5.41) is 11.5. The van der Waals surface area contributed by atoms with E-state index in [4.69, 9.17) is 27.4 Å². The molecule has 32 heavy (non-hydrogen) atoms. The molecule has 6 nitrogen and oxygen atoms in total. The zero-order chi connectivity index (χ0) is 21.9. The van der Waals surface area contributed by atoms with Crippen LogP contribution in [0, 0.1) is 0 Å². The van der Waals surface area contributed by atoms with Gasteiger partial charge in [-0.2, -0.15) is 4.98 Å². The molecule has 0 aliphatic rings. The lowest BCUT2D eigenvalue weighted by Gasteiger charge is -2.08. The topological polar surface area (TPSA) is 81.7 Å². The molecular weight excluding hydrogens is 440 g/mol. The summed E-state index contributed by atoms with van der Waals surface area (Å²) in [5.41, 5.74) is 9.87. The second-order valence-electron chi connectivity index (χ2n) is 7.39. The van der Waals surface area contributed by atoms with Gasteiger partial charge in [-0.25, -0.2) is 9.67 Å². The van der Waals surface area contributed by atoms with E-state index in [-0.39, 0.29) is 0 Å². The maximum Gasteiger partial charge on any atom is 0.225 e. The van der Waals surface area contributed by atoms with Gasteiger partial charge in [-0.15, -0.1) is 16.4 Å². The van der Waals surface area contributed by atoms with Gasteiger partial charge in [0, 0.05) is 22.0 Å². The molecule has 0 aliphatic carbocycles. The predicted octanol–water partition coefficient (Wildman–Crippen LogP) is 5.49. The summed E-state index contributed by atoms with van der Waals surface area (Å²) in [4.78, 5) is 10.8. The quantitative estimate of drug-likeness (QED) is 0.335. The molecule has 0 atom stereocenters. The standard InChI is InChI=1S/C24H21ClN6S/c25-18-10-8-17(9-11-18)21-20-22(26)31(15-16-5-2-1-3-6-16)30-23(20)29-24(28-21)27-13-12-19-7-4-14-32-19/h1-11,14H,12-13,15,26H2,(H,27,29,30). The van der Waals surface area contributed by atoms with Crippen molar-refractivity contribution in [3.05, 3.63) is 87.6 Å². The van der Waals surface area contributed by atoms with Crippen LogP contribution in [0.5, 0.6) is 0 Å². The third kappa shape index (κ3) is 4.30. The lowest BCUT2D eigenvalue weighted by molar-refractivity contribution is 0.703. The molecule has 0 radical (unpaired) electrons. The van der Waals surface area contributed by atoms with Crippen LogP contribution < -0.4 is 11.1 Å². The van der Waals surface area contributed by atoms with Crippen LogP contribution in [-0.4, -0.2) is 26.3 Å². The van der Waals surface area contributed by atoms with Gasteiger partial charge in [0.1, 0.15) is 5.82 Å². The number of halogens is 1. The number of hydrogen-bond acceptors (Lipinski definition) is 6. The van der Waals surface area contributed by atoms with Crippen LogP contribution in [0.4, 0.5) is 11.8 Å². The number of nitrogen functional groups attached to an aromatic ring is 1. The van der Waals surface area contributed by atoms with Crippen molar-refractivity contribution in [3.8, 4) is 11.3 Å². The van der Waals surface area contributed by atoms with Crippen molar-refractivity contribution < 1.29 is 0 Å². The molecule has 0 unspecified atom stereocenters. The number of fused-ring (bicyclic) bond motifs is 1. The third-order valence-electron chi connectivity index (χ3n) is 5.17. The second kappa shape index (κ2) is 8.98. The highest BCUT2D eigenvalue weighted by molar-refractivity contribution is 7.09. The lowest BCUT2D eigenvalue weighted by atomic mass is 10.1. The number of aromatic nitrogens is 4. The van der Waals surface area contributed by atoms with Crippen LogP contribution in [0.2, 0.25) is 5.02 Å². The number of nitrogens with one attached hydrogen (secondary N) is 1. The second-order valence-corrected chi connectivity index (χ2v) is 8.85. The summed E-state index contributed by atoms with van der Waals surface area (Å²) < 4.78 is 1.78. The molecule has 5 aromatic rings. The van der Waals surface area contributed by atoms with Crippen LogP contribution in [0.1, 0.15) is 10.4 Å². The number of nitrogens with zero attached hydrogens (tertiary/aromatic N) is 4. The van der Waals surface area contributed by atoms with Crippen LogP contribution in [0.3, 0.4) is 0 Å². The largest absolute Gasteiger partial charge is 0.383 e. The number of nitrogens with two attached hydrogens (primary N) is 1. The number of rotatable bonds is 7. The summed E-state index contributed by atoms with van der Waals surface area (Å²) in [5.74, 6) is 1.07. The van der Waals surface area contributed by atoms with E-state index in [1.807, 2.05) is 42.5 Å². The zero-order valence-corrected chi connectivity index (χ0v) is 18.8. The van der Waals surface area contributed by atoms with E-state index < -0.39 is 0 Å². The molecule has 3 N–H and O–H groups in total. The van der Waals surface area contributed by atoms with Gasteiger partial charge in [-0.05, 0) is 35.6 Å². The van der Waals surface area contributed by atoms with Gasteiger partial charge < -0.3 is 11.1 Å². The van der Waals surface area contributed by atoms with Gasteiger partial charge in [0.05, 0.1) is 17.6 Å². The van der Waals surface area contributed by atoms with Crippen molar-refractivity contribution in [3.63, 3.8) is 0 Å². The van der Waals surface area contributed by atoms with Crippen molar-refractivity contribution >= 4 is 45.7 Å². The van der Waals surface area contributed by atoms with Gasteiger partial charge in [0.15, 0.2) is 5.65 Å². The Morgan fingerprint density at radius 1 is 0.969 bits per heavy atom. The van der Waals surface area contributed by atoms with E-state index >= 15 is 0 Å². The fourth-order valence-electron chi connectivity index (χ4n) is 3.58. The van der Waals surface area contributed by atoms with Crippen LogP contribution in [0.25, 0.3) is 22.3 Å². The average Bonchev–Trinajstić information content (AvgIpc) is 3.43. The molecule has 3 aromatic heterocycles. The van der Waals surface area contributed by atoms with E-state index in [2.05, 4.69) is 39.9 Å². The van der Waals surface area contributed by atoms with E-state index in [0.29, 0.717) is 29.0 Å². The van der Waals surface area contributed by atoms with Crippen LogP contribution >= 0.6 is 22.9 Å². The fraction of sp³-hybridized carbons (Fsp3) is 0.125. The highest BCUT2D eigenvalue weighted by atomic mass is 35.5. The number of benzene rings is 2. The fourth-order valence-corrected chi connectivity index (χ4v) is 4.41. The monoisotopic (exact) mass is 460 g/mol. The molecule has 0 fully saturated rings. The minimum absolute atomic E-state index is 0.531. The highest BCUT2D eigenvalue weighted by Gasteiger charge is 2.18. The summed E-state index contributed by atoms with van der Waals surface area (Å²) in [6, 6.07) is 21.9. The van der Waals surface area contributed by atoms with Gasteiger partial charge in [-0.3, -0.25) is 0 Å². The Labute approximate surface area is 194 Å². The molecule has 0 saturated carbocycles. The van der Waals surface area contributed by atoms with E-state index in [1.54, 1.807) is 16.0 Å². The lowest BCUT2D eigenvalue weighted by Crippen LogP contribution is -2.08. The molecule has 0 aliphatic heterocycles. The first-order chi connectivity index (χ1) is 15.7. The number of anilines is 2. The molecule has 2 aromatic carbocycles. The van der Waals surface area contributed by atoms with Crippen molar-refractivity contribution in [1.29, 1.82) is 0 Å². The van der Waals surface area contributed by atoms with Crippen LogP contribution in [-0.2, 0) is 13.0 Å². The first-order valence-corrected chi connectivity index (χ1v) is 11.5. The SMILES string of the molecule is Nc1c2c(-c3ccc(Cl)cc3)nc(NCCc3cccs3)nc2nn1Cc1ccccc1. The Hall–Kier alpha value is -3.42. The molecular formula is C24H21ClN6S. The summed E-state index contributed by atoms with van der Waals surface area (Å²) in [7, 11) is 0. The maximum absolute atomic E-state index is 6.54. The van der Waals surface area contributed by atoms with Gasteiger partial charge in [-0.1, -0.05) is 60.1 Å².